The van der Waals surface area contributed by atoms with E-state index in [4.69, 9.17) is 11.6 Å². The maximum absolute atomic E-state index is 5.77. The highest BCUT2D eigenvalue weighted by Crippen LogP contribution is 2.31. The van der Waals surface area contributed by atoms with Crippen LogP contribution in [0.1, 0.15) is 23.2 Å². The third kappa shape index (κ3) is 2.59. The van der Waals surface area contributed by atoms with Gasteiger partial charge in [0.05, 0.1) is 9.85 Å². The van der Waals surface area contributed by atoms with Crippen LogP contribution < -0.4 is 0 Å². The zero-order chi connectivity index (χ0) is 11.5. The van der Waals surface area contributed by atoms with Crippen LogP contribution in [0.3, 0.4) is 0 Å². The van der Waals surface area contributed by atoms with Gasteiger partial charge in [-0.25, -0.2) is 0 Å². The van der Waals surface area contributed by atoms with Gasteiger partial charge in [-0.05, 0) is 18.6 Å². The second-order valence-corrected chi connectivity index (χ2v) is 5.73. The Hall–Kier alpha value is -0.520. The molecule has 0 fully saturated rings. The van der Waals surface area contributed by atoms with Crippen LogP contribution in [0.25, 0.3) is 10.7 Å². The monoisotopic (exact) mass is 317 g/mol. The highest BCUT2D eigenvalue weighted by atomic mass is 79.9. The second kappa shape index (κ2) is 5.21. The molecule has 0 aliphatic rings. The summed E-state index contributed by atoms with van der Waals surface area (Å²) in [4.78, 5) is 4.48. The van der Waals surface area contributed by atoms with Gasteiger partial charge in [-0.1, -0.05) is 45.8 Å². The van der Waals surface area contributed by atoms with Crippen molar-refractivity contribution in [2.45, 2.75) is 18.2 Å². The number of rotatable bonds is 3. The van der Waals surface area contributed by atoms with Crippen molar-refractivity contribution < 1.29 is 0 Å². The van der Waals surface area contributed by atoms with E-state index in [0.29, 0.717) is 5.02 Å². The Kier molecular flexibility index (Phi) is 3.89. The molecule has 6 heteroatoms. The van der Waals surface area contributed by atoms with Crippen LogP contribution in [-0.4, -0.2) is 15.2 Å². The second-order valence-electron chi connectivity index (χ2n) is 3.18. The van der Waals surface area contributed by atoms with Crippen molar-refractivity contribution in [3.8, 4) is 10.7 Å². The molecule has 0 radical (unpaired) electrons. The van der Waals surface area contributed by atoms with Gasteiger partial charge in [0, 0.05) is 6.20 Å². The summed E-state index contributed by atoms with van der Waals surface area (Å²) in [5, 5.41) is 10.7. The van der Waals surface area contributed by atoms with Crippen LogP contribution in [0.5, 0.6) is 0 Å². The van der Waals surface area contributed by atoms with E-state index in [9.17, 15) is 0 Å². The third-order valence-corrected chi connectivity index (χ3v) is 4.68. The number of pyridine rings is 1. The number of aromatic nitrogens is 3. The van der Waals surface area contributed by atoms with Crippen LogP contribution in [-0.2, 0) is 0 Å². The summed E-state index contributed by atoms with van der Waals surface area (Å²) >= 11 is 10.9. The first-order valence-corrected chi connectivity index (χ1v) is 6.91. The average Bonchev–Trinajstić information content (AvgIpc) is 2.78. The Balaban J connectivity index is 2.28. The summed E-state index contributed by atoms with van der Waals surface area (Å²) in [6, 6.07) is 3.65. The van der Waals surface area contributed by atoms with Crippen molar-refractivity contribution in [1.82, 2.24) is 15.2 Å². The number of hydrogen-bond donors (Lipinski definition) is 0. The Bertz CT molecular complexity index is 471. The highest BCUT2D eigenvalue weighted by molar-refractivity contribution is 9.09. The summed E-state index contributed by atoms with van der Waals surface area (Å²) in [5.74, 6) is 0. The molecule has 0 N–H and O–H groups in total. The minimum Gasteiger partial charge on any atom is -0.252 e. The largest absolute Gasteiger partial charge is 0.252 e. The van der Waals surface area contributed by atoms with Crippen molar-refractivity contribution in [2.75, 3.05) is 0 Å². The first-order chi connectivity index (χ1) is 7.70. The van der Waals surface area contributed by atoms with Gasteiger partial charge >= 0.3 is 0 Å². The van der Waals surface area contributed by atoms with Crippen LogP contribution in [0.15, 0.2) is 18.3 Å². The molecule has 0 saturated carbocycles. The lowest BCUT2D eigenvalue weighted by Crippen LogP contribution is -1.85. The summed E-state index contributed by atoms with van der Waals surface area (Å²) < 4.78 is 0. The Morgan fingerprint density at radius 3 is 2.88 bits per heavy atom. The molecular formula is C10H9BrClN3S. The molecule has 2 aromatic rings. The van der Waals surface area contributed by atoms with E-state index in [2.05, 4.69) is 38.0 Å². The van der Waals surface area contributed by atoms with Gasteiger partial charge in [-0.15, -0.1) is 10.2 Å². The van der Waals surface area contributed by atoms with Crippen molar-refractivity contribution in [3.05, 3.63) is 28.4 Å². The minimum atomic E-state index is 0.269. The van der Waals surface area contributed by atoms with E-state index in [1.165, 1.54) is 0 Å². The Morgan fingerprint density at radius 2 is 2.25 bits per heavy atom. The van der Waals surface area contributed by atoms with Crippen LogP contribution in [0.4, 0.5) is 0 Å². The molecule has 0 spiro atoms. The number of alkyl halides is 1. The Labute approximate surface area is 111 Å². The van der Waals surface area contributed by atoms with Crippen molar-refractivity contribution in [3.63, 3.8) is 0 Å². The number of halogens is 2. The fourth-order valence-electron chi connectivity index (χ4n) is 1.14. The standard InChI is InChI=1S/C10H9BrClN3S/c1-2-7(11)9-14-15-10(16-9)8-4-3-6(12)5-13-8/h3-5,7H,2H2,1H3. The molecule has 0 saturated heterocycles. The average molecular weight is 319 g/mol. The zero-order valence-electron chi connectivity index (χ0n) is 8.52. The summed E-state index contributed by atoms with van der Waals surface area (Å²) in [6.45, 7) is 2.10. The van der Waals surface area contributed by atoms with Crippen LogP contribution in [0, 0.1) is 0 Å². The maximum Gasteiger partial charge on any atom is 0.166 e. The predicted molar refractivity (Wildman–Crippen MR) is 70.1 cm³/mol. The smallest absolute Gasteiger partial charge is 0.166 e. The lowest BCUT2D eigenvalue weighted by molar-refractivity contribution is 0.870. The molecule has 3 nitrogen and oxygen atoms in total. The van der Waals surface area contributed by atoms with E-state index in [-0.39, 0.29) is 4.83 Å². The van der Waals surface area contributed by atoms with Crippen LogP contribution >= 0.6 is 38.9 Å². The van der Waals surface area contributed by atoms with Gasteiger partial charge in [-0.2, -0.15) is 0 Å². The Morgan fingerprint density at radius 1 is 1.44 bits per heavy atom. The lowest BCUT2D eigenvalue weighted by atomic mass is 10.4. The highest BCUT2D eigenvalue weighted by Gasteiger charge is 2.13. The van der Waals surface area contributed by atoms with Gasteiger partial charge in [-0.3, -0.25) is 4.98 Å². The van der Waals surface area contributed by atoms with E-state index < -0.39 is 0 Å². The molecule has 1 unspecified atom stereocenters. The molecule has 2 rings (SSSR count). The quantitative estimate of drug-likeness (QED) is 0.800. The molecule has 1 atom stereocenters. The lowest BCUT2D eigenvalue weighted by Gasteiger charge is -1.98. The zero-order valence-corrected chi connectivity index (χ0v) is 11.7. The number of nitrogens with zero attached hydrogens (tertiary/aromatic N) is 3. The summed E-state index contributed by atoms with van der Waals surface area (Å²) in [7, 11) is 0. The fraction of sp³-hybridized carbons (Fsp3) is 0.300. The summed E-state index contributed by atoms with van der Waals surface area (Å²) in [6.07, 6.45) is 2.60. The maximum atomic E-state index is 5.77. The van der Waals surface area contributed by atoms with Crippen molar-refractivity contribution in [1.29, 1.82) is 0 Å². The minimum absolute atomic E-state index is 0.269. The molecular weight excluding hydrogens is 310 g/mol. The van der Waals surface area contributed by atoms with Gasteiger partial charge in [0.2, 0.25) is 0 Å². The van der Waals surface area contributed by atoms with E-state index in [1.807, 2.05) is 6.07 Å². The molecule has 2 aromatic heterocycles. The van der Waals surface area contributed by atoms with Crippen molar-refractivity contribution >= 4 is 38.9 Å². The molecule has 16 heavy (non-hydrogen) atoms. The number of hydrogen-bond acceptors (Lipinski definition) is 4. The molecule has 84 valence electrons. The first-order valence-electron chi connectivity index (χ1n) is 4.80. The first kappa shape index (κ1) is 12.0. The van der Waals surface area contributed by atoms with Gasteiger partial charge in [0.25, 0.3) is 0 Å². The van der Waals surface area contributed by atoms with Crippen LogP contribution in [0.2, 0.25) is 5.02 Å². The molecule has 0 aromatic carbocycles. The van der Waals surface area contributed by atoms with Gasteiger partial charge in [0.1, 0.15) is 10.7 Å². The van der Waals surface area contributed by atoms with Crippen molar-refractivity contribution in [2.24, 2.45) is 0 Å². The topological polar surface area (TPSA) is 38.7 Å². The summed E-state index contributed by atoms with van der Waals surface area (Å²) in [5.41, 5.74) is 0.809. The van der Waals surface area contributed by atoms with Gasteiger partial charge < -0.3 is 0 Å². The predicted octanol–water partition coefficient (Wildman–Crippen LogP) is 4.10. The van der Waals surface area contributed by atoms with E-state index in [0.717, 1.165) is 22.1 Å². The normalized spacial score (nSPS) is 12.7. The van der Waals surface area contributed by atoms with Gasteiger partial charge in [0.15, 0.2) is 5.01 Å². The van der Waals surface area contributed by atoms with E-state index >= 15 is 0 Å². The molecule has 0 bridgehead atoms. The molecule has 0 aliphatic heterocycles. The molecule has 0 amide bonds. The SMILES string of the molecule is CCC(Br)c1nnc(-c2ccc(Cl)cn2)s1. The van der Waals surface area contributed by atoms with E-state index in [1.54, 1.807) is 23.6 Å². The fourth-order valence-corrected chi connectivity index (χ4v) is 2.51. The molecule has 2 heterocycles. The molecule has 0 aliphatic carbocycles. The third-order valence-electron chi connectivity index (χ3n) is 2.01.